The average molecular weight is 382 g/mol. The number of methoxy groups -OCH3 is 1. The van der Waals surface area contributed by atoms with E-state index < -0.39 is 0 Å². The van der Waals surface area contributed by atoms with Crippen LogP contribution in [0.5, 0.6) is 5.75 Å². The lowest BCUT2D eigenvalue weighted by molar-refractivity contribution is -0.117. The number of hydrogen-bond acceptors (Lipinski definition) is 4. The van der Waals surface area contributed by atoms with E-state index in [9.17, 15) is 4.79 Å². The van der Waals surface area contributed by atoms with Crippen molar-refractivity contribution in [2.75, 3.05) is 50.1 Å². The molecule has 0 unspecified atom stereocenters. The van der Waals surface area contributed by atoms with Gasteiger partial charge in [-0.05, 0) is 36.1 Å². The van der Waals surface area contributed by atoms with Crippen molar-refractivity contribution in [3.63, 3.8) is 0 Å². The van der Waals surface area contributed by atoms with Crippen LogP contribution in [0.1, 0.15) is 31.7 Å². The largest absolute Gasteiger partial charge is 0.497 e. The zero-order chi connectivity index (χ0) is 19.9. The Morgan fingerprint density at radius 2 is 1.86 bits per heavy atom. The molecule has 1 aliphatic heterocycles. The Balaban J connectivity index is 1.53. The molecule has 5 nitrogen and oxygen atoms in total. The Labute approximate surface area is 168 Å². The van der Waals surface area contributed by atoms with Gasteiger partial charge >= 0.3 is 0 Å². The minimum atomic E-state index is 0.0607. The molecule has 150 valence electrons. The van der Waals surface area contributed by atoms with Gasteiger partial charge in [0.2, 0.25) is 5.91 Å². The molecule has 1 fully saturated rings. The lowest BCUT2D eigenvalue weighted by atomic mass is 9.97. The van der Waals surface area contributed by atoms with E-state index in [4.69, 9.17) is 4.74 Å². The predicted octanol–water partition coefficient (Wildman–Crippen LogP) is 3.97. The minimum Gasteiger partial charge on any atom is -0.497 e. The fourth-order valence-electron chi connectivity index (χ4n) is 3.62. The molecule has 2 aromatic carbocycles. The molecule has 28 heavy (non-hydrogen) atoms. The van der Waals surface area contributed by atoms with Crippen molar-refractivity contribution in [3.05, 3.63) is 54.1 Å². The lowest BCUT2D eigenvalue weighted by Gasteiger charge is -2.35. The molecule has 2 aromatic rings. The lowest BCUT2D eigenvalue weighted by Crippen LogP contribution is -2.48. The van der Waals surface area contributed by atoms with E-state index >= 15 is 0 Å². The molecule has 5 heteroatoms. The van der Waals surface area contributed by atoms with Crippen LogP contribution in [0.2, 0.25) is 0 Å². The fourth-order valence-corrected chi connectivity index (χ4v) is 3.62. The average Bonchev–Trinajstić information content (AvgIpc) is 2.74. The van der Waals surface area contributed by atoms with Gasteiger partial charge in [0.25, 0.3) is 0 Å². The molecular formula is C23H31N3O2. The summed E-state index contributed by atoms with van der Waals surface area (Å²) in [5.41, 5.74) is 3.32. The van der Waals surface area contributed by atoms with Crippen LogP contribution in [0.25, 0.3) is 0 Å². The summed E-state index contributed by atoms with van der Waals surface area (Å²) in [4.78, 5) is 17.2. The summed E-state index contributed by atoms with van der Waals surface area (Å²) >= 11 is 0. The van der Waals surface area contributed by atoms with Gasteiger partial charge in [0.05, 0.1) is 13.7 Å². The highest BCUT2D eigenvalue weighted by atomic mass is 16.5. The normalized spacial score (nSPS) is 15.9. The zero-order valence-corrected chi connectivity index (χ0v) is 17.1. The SMILES string of the molecule is CC[C@H](C)c1ccccc1NC(=O)CN1CCN(c2cccc(OC)c2)CC1. The maximum absolute atomic E-state index is 12.6. The number of ether oxygens (including phenoxy) is 1. The van der Waals surface area contributed by atoms with E-state index in [0.717, 1.165) is 44.0 Å². The highest BCUT2D eigenvalue weighted by molar-refractivity contribution is 5.93. The monoisotopic (exact) mass is 381 g/mol. The van der Waals surface area contributed by atoms with Crippen LogP contribution in [0.3, 0.4) is 0 Å². The second-order valence-corrected chi connectivity index (χ2v) is 7.41. The van der Waals surface area contributed by atoms with Crippen LogP contribution < -0.4 is 15.0 Å². The van der Waals surface area contributed by atoms with Crippen molar-refractivity contribution in [1.29, 1.82) is 0 Å². The van der Waals surface area contributed by atoms with Crippen LogP contribution in [0.15, 0.2) is 48.5 Å². The van der Waals surface area contributed by atoms with Crippen molar-refractivity contribution in [2.24, 2.45) is 0 Å². The molecule has 1 atom stereocenters. The summed E-state index contributed by atoms with van der Waals surface area (Å²) in [5, 5.41) is 3.12. The van der Waals surface area contributed by atoms with Gasteiger partial charge in [-0.1, -0.05) is 38.1 Å². The Kier molecular flexibility index (Phi) is 6.93. The van der Waals surface area contributed by atoms with E-state index in [1.165, 1.54) is 11.3 Å². The molecule has 0 saturated carbocycles. The number of para-hydroxylation sites is 1. The fraction of sp³-hybridized carbons (Fsp3) is 0.435. The number of carbonyl (C=O) groups is 1. The first kappa shape index (κ1) is 20.2. The van der Waals surface area contributed by atoms with E-state index in [-0.39, 0.29) is 5.91 Å². The summed E-state index contributed by atoms with van der Waals surface area (Å²) in [6.45, 7) is 8.36. The number of amides is 1. The molecule has 1 amide bonds. The predicted molar refractivity (Wildman–Crippen MR) is 115 cm³/mol. The summed E-state index contributed by atoms with van der Waals surface area (Å²) in [7, 11) is 1.69. The van der Waals surface area contributed by atoms with Crippen LogP contribution >= 0.6 is 0 Å². The molecular weight excluding hydrogens is 350 g/mol. The Hall–Kier alpha value is -2.53. The first-order chi connectivity index (χ1) is 13.6. The molecule has 1 aliphatic rings. The number of piperazine rings is 1. The molecule has 0 radical (unpaired) electrons. The van der Waals surface area contributed by atoms with Crippen molar-refractivity contribution >= 4 is 17.3 Å². The van der Waals surface area contributed by atoms with E-state index in [1.807, 2.05) is 30.3 Å². The minimum absolute atomic E-state index is 0.0607. The standard InChI is InChI=1S/C23H31N3O2/c1-4-18(2)21-10-5-6-11-22(21)24-23(27)17-25-12-14-26(15-13-25)19-8-7-9-20(16-19)28-3/h5-11,16,18H,4,12-15,17H2,1-3H3,(H,24,27)/t18-/m0/s1. The van der Waals surface area contributed by atoms with Gasteiger partial charge in [-0.3, -0.25) is 9.69 Å². The third kappa shape index (κ3) is 5.04. The number of anilines is 2. The summed E-state index contributed by atoms with van der Waals surface area (Å²) < 4.78 is 5.32. The number of nitrogens with one attached hydrogen (secondary N) is 1. The van der Waals surface area contributed by atoms with Gasteiger partial charge in [-0.25, -0.2) is 0 Å². The second kappa shape index (κ2) is 9.60. The summed E-state index contributed by atoms with van der Waals surface area (Å²) in [6.07, 6.45) is 1.05. The van der Waals surface area contributed by atoms with Gasteiger partial charge in [0.15, 0.2) is 0 Å². The zero-order valence-electron chi connectivity index (χ0n) is 17.1. The molecule has 3 rings (SSSR count). The number of hydrogen-bond donors (Lipinski definition) is 1. The van der Waals surface area contributed by atoms with Gasteiger partial charge in [0.1, 0.15) is 5.75 Å². The molecule has 0 spiro atoms. The highest BCUT2D eigenvalue weighted by Crippen LogP contribution is 2.26. The Morgan fingerprint density at radius 3 is 2.57 bits per heavy atom. The van der Waals surface area contributed by atoms with Crippen molar-refractivity contribution in [1.82, 2.24) is 4.90 Å². The third-order valence-electron chi connectivity index (χ3n) is 5.54. The topological polar surface area (TPSA) is 44.8 Å². The van der Waals surface area contributed by atoms with Gasteiger partial charge in [0, 0.05) is 43.6 Å². The molecule has 1 heterocycles. The number of rotatable bonds is 7. The first-order valence-electron chi connectivity index (χ1n) is 10.1. The Morgan fingerprint density at radius 1 is 1.11 bits per heavy atom. The van der Waals surface area contributed by atoms with Crippen LogP contribution in [0.4, 0.5) is 11.4 Å². The molecule has 0 aromatic heterocycles. The third-order valence-corrected chi connectivity index (χ3v) is 5.54. The quantitative estimate of drug-likeness (QED) is 0.788. The van der Waals surface area contributed by atoms with Gasteiger partial charge in [-0.2, -0.15) is 0 Å². The molecule has 1 saturated heterocycles. The van der Waals surface area contributed by atoms with Gasteiger partial charge < -0.3 is 15.0 Å². The molecule has 1 N–H and O–H groups in total. The van der Waals surface area contributed by atoms with E-state index in [1.54, 1.807) is 7.11 Å². The van der Waals surface area contributed by atoms with Crippen molar-refractivity contribution < 1.29 is 9.53 Å². The van der Waals surface area contributed by atoms with Crippen LogP contribution in [-0.2, 0) is 4.79 Å². The van der Waals surface area contributed by atoms with Crippen LogP contribution in [0, 0.1) is 0 Å². The first-order valence-corrected chi connectivity index (χ1v) is 10.1. The van der Waals surface area contributed by atoms with E-state index in [0.29, 0.717) is 12.5 Å². The molecule has 0 aliphatic carbocycles. The number of benzene rings is 2. The maximum atomic E-state index is 12.6. The number of nitrogens with zero attached hydrogens (tertiary/aromatic N) is 2. The highest BCUT2D eigenvalue weighted by Gasteiger charge is 2.20. The van der Waals surface area contributed by atoms with Crippen molar-refractivity contribution in [2.45, 2.75) is 26.2 Å². The summed E-state index contributed by atoms with van der Waals surface area (Å²) in [6, 6.07) is 16.3. The van der Waals surface area contributed by atoms with Gasteiger partial charge in [-0.15, -0.1) is 0 Å². The number of carbonyl (C=O) groups excluding carboxylic acids is 1. The van der Waals surface area contributed by atoms with Crippen LogP contribution in [-0.4, -0.2) is 50.6 Å². The molecule has 0 bridgehead atoms. The van der Waals surface area contributed by atoms with E-state index in [2.05, 4.69) is 47.2 Å². The second-order valence-electron chi connectivity index (χ2n) is 7.41. The Bertz CT molecular complexity index is 785. The summed E-state index contributed by atoms with van der Waals surface area (Å²) in [5.74, 6) is 1.37. The smallest absolute Gasteiger partial charge is 0.238 e. The maximum Gasteiger partial charge on any atom is 0.238 e. The van der Waals surface area contributed by atoms with Crippen molar-refractivity contribution in [3.8, 4) is 5.75 Å².